The average Bonchev–Trinajstić information content (AvgIpc) is 2.25. The zero-order valence-electron chi connectivity index (χ0n) is 11.9. The van der Waals surface area contributed by atoms with Gasteiger partial charge < -0.3 is 15.5 Å². The highest BCUT2D eigenvalue weighted by Gasteiger charge is 2.27. The summed E-state index contributed by atoms with van der Waals surface area (Å²) in [5, 5.41) is 5.92. The highest BCUT2D eigenvalue weighted by atomic mass is 16.2. The second kappa shape index (κ2) is 6.18. The number of hydrogen-bond donors (Lipinski definition) is 2. The number of nitrogens with zero attached hydrogens (tertiary/aromatic N) is 1. The van der Waals surface area contributed by atoms with Gasteiger partial charge in [-0.2, -0.15) is 0 Å². The highest BCUT2D eigenvalue weighted by Crippen LogP contribution is 2.11. The molecule has 1 rings (SSSR count). The molecule has 2 amide bonds. The maximum Gasteiger partial charge on any atom is 0.239 e. The topological polar surface area (TPSA) is 61.4 Å². The lowest BCUT2D eigenvalue weighted by Gasteiger charge is -2.32. The molecule has 1 aliphatic heterocycles. The summed E-state index contributed by atoms with van der Waals surface area (Å²) < 4.78 is 0. The normalized spacial score (nSPS) is 21.0. The molecule has 1 aliphatic rings. The van der Waals surface area contributed by atoms with Gasteiger partial charge in [-0.1, -0.05) is 0 Å². The van der Waals surface area contributed by atoms with E-state index in [9.17, 15) is 9.59 Å². The van der Waals surface area contributed by atoms with Crippen LogP contribution in [0.1, 0.15) is 40.0 Å². The van der Waals surface area contributed by atoms with E-state index in [0.717, 1.165) is 19.4 Å². The molecule has 1 heterocycles. The minimum Gasteiger partial charge on any atom is -0.351 e. The predicted molar refractivity (Wildman–Crippen MR) is 71.2 cm³/mol. The Bertz CT molecular complexity index is 310. The van der Waals surface area contributed by atoms with Crippen LogP contribution in [0.15, 0.2) is 0 Å². The average molecular weight is 255 g/mol. The summed E-state index contributed by atoms with van der Waals surface area (Å²) in [6.07, 6.45) is 2.26. The van der Waals surface area contributed by atoms with Gasteiger partial charge in [0, 0.05) is 25.0 Å². The molecule has 0 saturated carbocycles. The fraction of sp³-hybridized carbons (Fsp3) is 0.846. The molecule has 1 unspecified atom stereocenters. The van der Waals surface area contributed by atoms with Crippen LogP contribution in [0.5, 0.6) is 0 Å². The first kappa shape index (κ1) is 15.0. The van der Waals surface area contributed by atoms with Gasteiger partial charge in [0.05, 0.1) is 6.04 Å². The second-order valence-corrected chi connectivity index (χ2v) is 5.86. The van der Waals surface area contributed by atoms with Crippen LogP contribution in [0.3, 0.4) is 0 Å². The minimum absolute atomic E-state index is 0.00174. The minimum atomic E-state index is -0.212. The number of rotatable bonds is 4. The molecular weight excluding hydrogens is 230 g/mol. The third-order valence-electron chi connectivity index (χ3n) is 3.00. The number of hydrogen-bond acceptors (Lipinski definition) is 3. The highest BCUT2D eigenvalue weighted by molar-refractivity contribution is 5.83. The lowest BCUT2D eigenvalue weighted by atomic mass is 10.0. The van der Waals surface area contributed by atoms with Gasteiger partial charge in [0.15, 0.2) is 0 Å². The van der Waals surface area contributed by atoms with E-state index in [0.29, 0.717) is 13.0 Å². The number of nitrogens with one attached hydrogen (secondary N) is 2. The van der Waals surface area contributed by atoms with Crippen molar-refractivity contribution in [3.05, 3.63) is 0 Å². The van der Waals surface area contributed by atoms with Gasteiger partial charge in [0.25, 0.3) is 0 Å². The molecular formula is C13H25N3O2. The van der Waals surface area contributed by atoms with Gasteiger partial charge in [-0.15, -0.1) is 0 Å². The molecule has 2 N–H and O–H groups in total. The Hall–Kier alpha value is -1.10. The van der Waals surface area contributed by atoms with Crippen molar-refractivity contribution >= 4 is 11.8 Å². The zero-order chi connectivity index (χ0) is 13.8. The summed E-state index contributed by atoms with van der Waals surface area (Å²) in [6.45, 7) is 7.13. The maximum absolute atomic E-state index is 12.0. The van der Waals surface area contributed by atoms with Crippen molar-refractivity contribution in [1.29, 1.82) is 0 Å². The predicted octanol–water partition coefficient (Wildman–Crippen LogP) is 0.502. The van der Waals surface area contributed by atoms with Crippen LogP contribution in [-0.2, 0) is 9.59 Å². The van der Waals surface area contributed by atoms with E-state index in [1.807, 2.05) is 20.8 Å². The van der Waals surface area contributed by atoms with Gasteiger partial charge in [-0.3, -0.25) is 9.59 Å². The van der Waals surface area contributed by atoms with Crippen molar-refractivity contribution in [2.45, 2.75) is 51.6 Å². The van der Waals surface area contributed by atoms with Gasteiger partial charge in [0.1, 0.15) is 0 Å². The lowest BCUT2D eigenvalue weighted by Crippen LogP contribution is -2.50. The van der Waals surface area contributed by atoms with Crippen LogP contribution < -0.4 is 10.6 Å². The van der Waals surface area contributed by atoms with E-state index in [-0.39, 0.29) is 23.4 Å². The van der Waals surface area contributed by atoms with Crippen LogP contribution in [0, 0.1) is 0 Å². The summed E-state index contributed by atoms with van der Waals surface area (Å²) >= 11 is 0. The Labute approximate surface area is 109 Å². The van der Waals surface area contributed by atoms with Crippen LogP contribution in [0.2, 0.25) is 0 Å². The van der Waals surface area contributed by atoms with E-state index in [1.54, 1.807) is 11.9 Å². The Balaban J connectivity index is 2.39. The first-order valence-corrected chi connectivity index (χ1v) is 6.60. The summed E-state index contributed by atoms with van der Waals surface area (Å²) in [4.78, 5) is 25.5. The van der Waals surface area contributed by atoms with E-state index in [4.69, 9.17) is 0 Å². The monoisotopic (exact) mass is 255 g/mol. The third-order valence-corrected chi connectivity index (χ3v) is 3.00. The molecule has 5 nitrogen and oxygen atoms in total. The van der Waals surface area contributed by atoms with Gasteiger partial charge in [-0.05, 0) is 40.7 Å². The molecule has 1 fully saturated rings. The van der Waals surface area contributed by atoms with Crippen molar-refractivity contribution in [2.24, 2.45) is 0 Å². The Morgan fingerprint density at radius 2 is 2.11 bits per heavy atom. The molecule has 0 bridgehead atoms. The molecule has 104 valence electrons. The fourth-order valence-electron chi connectivity index (χ4n) is 2.15. The first-order valence-electron chi connectivity index (χ1n) is 6.60. The van der Waals surface area contributed by atoms with Crippen molar-refractivity contribution in [1.82, 2.24) is 15.5 Å². The lowest BCUT2D eigenvalue weighted by molar-refractivity contribution is -0.136. The number of likely N-dealkylation sites (tertiary alicyclic amines) is 1. The van der Waals surface area contributed by atoms with Crippen molar-refractivity contribution in [2.75, 3.05) is 20.1 Å². The number of carbonyl (C=O) groups is 2. The summed E-state index contributed by atoms with van der Waals surface area (Å²) in [5.74, 6) is 0.120. The van der Waals surface area contributed by atoms with Crippen molar-refractivity contribution in [3.63, 3.8) is 0 Å². The largest absolute Gasteiger partial charge is 0.351 e. The number of piperidine rings is 1. The molecule has 1 atom stereocenters. The molecule has 0 spiro atoms. The summed E-state index contributed by atoms with van der Waals surface area (Å²) in [6, 6.07) is -0.0792. The van der Waals surface area contributed by atoms with E-state index in [1.165, 1.54) is 0 Å². The number of likely N-dealkylation sites (N-methyl/N-ethyl adjacent to an activating group) is 1. The third kappa shape index (κ3) is 4.64. The van der Waals surface area contributed by atoms with Crippen molar-refractivity contribution in [3.8, 4) is 0 Å². The fourth-order valence-corrected chi connectivity index (χ4v) is 2.15. The van der Waals surface area contributed by atoms with Crippen molar-refractivity contribution < 1.29 is 9.59 Å². The Morgan fingerprint density at radius 1 is 1.44 bits per heavy atom. The van der Waals surface area contributed by atoms with E-state index in [2.05, 4.69) is 10.6 Å². The quantitative estimate of drug-likeness (QED) is 0.769. The number of amides is 2. The second-order valence-electron chi connectivity index (χ2n) is 5.86. The molecule has 5 heteroatoms. The van der Waals surface area contributed by atoms with Crippen LogP contribution >= 0.6 is 0 Å². The molecule has 18 heavy (non-hydrogen) atoms. The first-order chi connectivity index (χ1) is 8.33. The van der Waals surface area contributed by atoms with Gasteiger partial charge in [0.2, 0.25) is 11.8 Å². The molecule has 0 aromatic carbocycles. The molecule has 0 aromatic rings. The van der Waals surface area contributed by atoms with Crippen LogP contribution in [0.25, 0.3) is 0 Å². The van der Waals surface area contributed by atoms with Crippen LogP contribution in [0.4, 0.5) is 0 Å². The smallest absolute Gasteiger partial charge is 0.239 e. The van der Waals surface area contributed by atoms with E-state index < -0.39 is 0 Å². The van der Waals surface area contributed by atoms with Gasteiger partial charge in [-0.25, -0.2) is 0 Å². The molecule has 0 aliphatic carbocycles. The van der Waals surface area contributed by atoms with Gasteiger partial charge >= 0.3 is 0 Å². The SMILES string of the molecule is CNC1CCCN(CCC(=O)NC(C)(C)C)C1=O. The molecule has 0 aromatic heterocycles. The zero-order valence-corrected chi connectivity index (χ0v) is 11.9. The van der Waals surface area contributed by atoms with Crippen LogP contribution in [-0.4, -0.2) is 48.4 Å². The Kier molecular flexibility index (Phi) is 5.14. The summed E-state index contributed by atoms with van der Waals surface area (Å²) in [5.41, 5.74) is -0.212. The molecule has 1 saturated heterocycles. The Morgan fingerprint density at radius 3 is 2.67 bits per heavy atom. The molecule has 0 radical (unpaired) electrons. The standard InChI is InChI=1S/C13H25N3O2/c1-13(2,3)15-11(17)7-9-16-8-5-6-10(14-4)12(16)18/h10,14H,5-9H2,1-4H3,(H,15,17). The van der Waals surface area contributed by atoms with E-state index >= 15 is 0 Å². The summed E-state index contributed by atoms with van der Waals surface area (Å²) in [7, 11) is 1.80. The maximum atomic E-state index is 12.0. The number of carbonyl (C=O) groups excluding carboxylic acids is 2.